The Balaban J connectivity index is 2.28. The van der Waals surface area contributed by atoms with Gasteiger partial charge in [-0.2, -0.15) is 5.10 Å². The van der Waals surface area contributed by atoms with E-state index in [0.29, 0.717) is 5.69 Å². The number of hydrogen-bond acceptors (Lipinski definition) is 3. The minimum atomic E-state index is -0.211. The number of aryl methyl sites for hydroxylation is 2. The van der Waals surface area contributed by atoms with Gasteiger partial charge in [0.1, 0.15) is 0 Å². The van der Waals surface area contributed by atoms with Gasteiger partial charge < -0.3 is 10.6 Å². The summed E-state index contributed by atoms with van der Waals surface area (Å²) in [7, 11) is 1.72. The zero-order valence-corrected chi connectivity index (χ0v) is 11.4. The smallest absolute Gasteiger partial charge is 0.280 e. The maximum absolute atomic E-state index is 12.3. The third-order valence-electron chi connectivity index (χ3n) is 3.16. The van der Waals surface area contributed by atoms with Crippen molar-refractivity contribution in [2.24, 2.45) is 0 Å². The quantitative estimate of drug-likeness (QED) is 0.885. The number of aromatic amines is 1. The summed E-state index contributed by atoms with van der Waals surface area (Å²) in [5.41, 5.74) is 9.39. The molecule has 3 N–H and O–H groups in total. The Hall–Kier alpha value is -2.30. The van der Waals surface area contributed by atoms with Crippen LogP contribution in [-0.2, 0) is 6.42 Å². The van der Waals surface area contributed by atoms with Gasteiger partial charge in [0.2, 0.25) is 0 Å². The van der Waals surface area contributed by atoms with Crippen LogP contribution in [0.25, 0.3) is 0 Å². The molecule has 5 heteroatoms. The second-order valence-corrected chi connectivity index (χ2v) is 4.52. The Morgan fingerprint density at radius 1 is 1.37 bits per heavy atom. The van der Waals surface area contributed by atoms with Gasteiger partial charge in [0.15, 0.2) is 5.69 Å². The Morgan fingerprint density at radius 3 is 2.53 bits per heavy atom. The van der Waals surface area contributed by atoms with Gasteiger partial charge >= 0.3 is 0 Å². The Bertz CT molecular complexity index is 586. The molecule has 0 unspecified atom stereocenters. The van der Waals surface area contributed by atoms with Gasteiger partial charge in [-0.05, 0) is 25.5 Å². The first kappa shape index (κ1) is 13.1. The molecule has 0 saturated carbocycles. The highest BCUT2D eigenvalue weighted by Gasteiger charge is 2.20. The maximum atomic E-state index is 12.3. The standard InChI is InChI=1S/C14H18N4O/c1-4-11-12(15)13(17-16-11)14(19)18(3)10-7-5-9(2)6-8-10/h5-8H,4,15H2,1-3H3,(H,16,17). The average Bonchev–Trinajstić information content (AvgIpc) is 2.79. The summed E-state index contributed by atoms with van der Waals surface area (Å²) in [5, 5.41) is 6.81. The van der Waals surface area contributed by atoms with Crippen LogP contribution < -0.4 is 10.6 Å². The van der Waals surface area contributed by atoms with Crippen molar-refractivity contribution in [3.8, 4) is 0 Å². The molecule has 2 aromatic rings. The van der Waals surface area contributed by atoms with E-state index < -0.39 is 0 Å². The molecule has 100 valence electrons. The van der Waals surface area contributed by atoms with Crippen LogP contribution in [0.3, 0.4) is 0 Å². The maximum Gasteiger partial charge on any atom is 0.280 e. The fraction of sp³-hybridized carbons (Fsp3) is 0.286. The molecule has 0 saturated heterocycles. The molecule has 0 spiro atoms. The lowest BCUT2D eigenvalue weighted by Crippen LogP contribution is -2.27. The highest BCUT2D eigenvalue weighted by molar-refractivity contribution is 6.07. The molecule has 1 aromatic heterocycles. The summed E-state index contributed by atoms with van der Waals surface area (Å²) in [6.07, 6.45) is 0.723. The first-order valence-electron chi connectivity index (χ1n) is 6.22. The Kier molecular flexibility index (Phi) is 3.55. The Labute approximate surface area is 112 Å². The number of anilines is 2. The van der Waals surface area contributed by atoms with Gasteiger partial charge in [-0.15, -0.1) is 0 Å². The molecule has 2 rings (SSSR count). The zero-order chi connectivity index (χ0) is 14.0. The molecular formula is C14H18N4O. The van der Waals surface area contributed by atoms with Crippen molar-refractivity contribution in [1.82, 2.24) is 10.2 Å². The lowest BCUT2D eigenvalue weighted by molar-refractivity contribution is 0.0989. The number of aromatic nitrogens is 2. The van der Waals surface area contributed by atoms with E-state index in [2.05, 4.69) is 10.2 Å². The van der Waals surface area contributed by atoms with Gasteiger partial charge in [-0.25, -0.2) is 0 Å². The van der Waals surface area contributed by atoms with E-state index in [4.69, 9.17) is 5.73 Å². The van der Waals surface area contributed by atoms with E-state index in [1.165, 1.54) is 0 Å². The first-order valence-corrected chi connectivity index (χ1v) is 6.22. The molecule has 1 heterocycles. The van der Waals surface area contributed by atoms with E-state index in [0.717, 1.165) is 23.4 Å². The van der Waals surface area contributed by atoms with Crippen molar-refractivity contribution in [1.29, 1.82) is 0 Å². The van der Waals surface area contributed by atoms with Gasteiger partial charge in [0.05, 0.1) is 11.4 Å². The second kappa shape index (κ2) is 5.14. The predicted octanol–water partition coefficient (Wildman–Crippen LogP) is 2.14. The SMILES string of the molecule is CCc1[nH]nc(C(=O)N(C)c2ccc(C)cc2)c1N. The van der Waals surface area contributed by atoms with Crippen LogP contribution in [0.15, 0.2) is 24.3 Å². The molecular weight excluding hydrogens is 240 g/mol. The highest BCUT2D eigenvalue weighted by Crippen LogP contribution is 2.20. The molecule has 0 aliphatic rings. The number of nitrogens with one attached hydrogen (secondary N) is 1. The van der Waals surface area contributed by atoms with Crippen LogP contribution in [0.2, 0.25) is 0 Å². The number of H-pyrrole nitrogens is 1. The number of carbonyl (C=O) groups is 1. The van der Waals surface area contributed by atoms with E-state index in [1.54, 1.807) is 11.9 Å². The lowest BCUT2D eigenvalue weighted by atomic mass is 10.2. The van der Waals surface area contributed by atoms with Crippen molar-refractivity contribution < 1.29 is 4.79 Å². The number of carbonyl (C=O) groups excluding carboxylic acids is 1. The van der Waals surface area contributed by atoms with Crippen molar-refractivity contribution in [3.63, 3.8) is 0 Å². The molecule has 0 fully saturated rings. The number of nitrogen functional groups attached to an aromatic ring is 1. The number of nitrogens with zero attached hydrogens (tertiary/aromatic N) is 2. The monoisotopic (exact) mass is 258 g/mol. The normalized spacial score (nSPS) is 10.5. The van der Waals surface area contributed by atoms with Crippen molar-refractivity contribution in [2.75, 3.05) is 17.7 Å². The van der Waals surface area contributed by atoms with E-state index in [9.17, 15) is 4.79 Å². The predicted molar refractivity (Wildman–Crippen MR) is 76.3 cm³/mol. The van der Waals surface area contributed by atoms with Crippen LogP contribution in [0.5, 0.6) is 0 Å². The van der Waals surface area contributed by atoms with Crippen LogP contribution in [0.4, 0.5) is 11.4 Å². The topological polar surface area (TPSA) is 75.0 Å². The highest BCUT2D eigenvalue weighted by atomic mass is 16.2. The zero-order valence-electron chi connectivity index (χ0n) is 11.4. The average molecular weight is 258 g/mol. The summed E-state index contributed by atoms with van der Waals surface area (Å²) in [4.78, 5) is 13.9. The molecule has 0 atom stereocenters. The molecule has 19 heavy (non-hydrogen) atoms. The van der Waals surface area contributed by atoms with E-state index >= 15 is 0 Å². The fourth-order valence-corrected chi connectivity index (χ4v) is 1.86. The fourth-order valence-electron chi connectivity index (χ4n) is 1.86. The van der Waals surface area contributed by atoms with Gasteiger partial charge in [-0.1, -0.05) is 24.6 Å². The Morgan fingerprint density at radius 2 is 2.00 bits per heavy atom. The lowest BCUT2D eigenvalue weighted by Gasteiger charge is -2.16. The molecule has 0 radical (unpaired) electrons. The summed E-state index contributed by atoms with van der Waals surface area (Å²) >= 11 is 0. The third-order valence-corrected chi connectivity index (χ3v) is 3.16. The van der Waals surface area contributed by atoms with E-state index in [1.807, 2.05) is 38.1 Å². The minimum absolute atomic E-state index is 0.211. The van der Waals surface area contributed by atoms with Crippen LogP contribution >= 0.6 is 0 Å². The number of benzene rings is 1. The molecule has 0 aliphatic carbocycles. The molecule has 0 bridgehead atoms. The summed E-state index contributed by atoms with van der Waals surface area (Å²) in [5.74, 6) is -0.211. The van der Waals surface area contributed by atoms with Gasteiger partial charge in [0.25, 0.3) is 5.91 Å². The molecule has 1 aromatic carbocycles. The number of nitrogens with two attached hydrogens (primary N) is 1. The molecule has 1 amide bonds. The van der Waals surface area contributed by atoms with Crippen LogP contribution in [0, 0.1) is 6.92 Å². The van der Waals surface area contributed by atoms with Crippen LogP contribution in [0.1, 0.15) is 28.7 Å². The number of hydrogen-bond donors (Lipinski definition) is 2. The van der Waals surface area contributed by atoms with Crippen LogP contribution in [-0.4, -0.2) is 23.2 Å². The number of amides is 1. The second-order valence-electron chi connectivity index (χ2n) is 4.52. The largest absolute Gasteiger partial charge is 0.395 e. The third kappa shape index (κ3) is 2.45. The van der Waals surface area contributed by atoms with Gasteiger partial charge in [0, 0.05) is 12.7 Å². The minimum Gasteiger partial charge on any atom is -0.395 e. The summed E-state index contributed by atoms with van der Waals surface area (Å²) in [6.45, 7) is 3.96. The van der Waals surface area contributed by atoms with Crippen molar-refractivity contribution in [2.45, 2.75) is 20.3 Å². The number of rotatable bonds is 3. The van der Waals surface area contributed by atoms with Crippen molar-refractivity contribution >= 4 is 17.3 Å². The summed E-state index contributed by atoms with van der Waals surface area (Å²) in [6, 6.07) is 7.72. The first-order chi connectivity index (χ1) is 9.04. The molecule has 0 aliphatic heterocycles. The van der Waals surface area contributed by atoms with Crippen molar-refractivity contribution in [3.05, 3.63) is 41.2 Å². The summed E-state index contributed by atoms with van der Waals surface area (Å²) < 4.78 is 0. The van der Waals surface area contributed by atoms with E-state index in [-0.39, 0.29) is 11.6 Å². The van der Waals surface area contributed by atoms with Gasteiger partial charge in [-0.3, -0.25) is 9.89 Å². The molecule has 5 nitrogen and oxygen atoms in total.